The van der Waals surface area contributed by atoms with Gasteiger partial charge in [-0.1, -0.05) is 25.5 Å². The summed E-state index contributed by atoms with van der Waals surface area (Å²) in [6.45, 7) is 7.38. The topological polar surface area (TPSA) is 247 Å². The van der Waals surface area contributed by atoms with E-state index in [0.717, 1.165) is 51.4 Å². The van der Waals surface area contributed by atoms with Gasteiger partial charge in [-0.25, -0.2) is 0 Å². The first-order chi connectivity index (χ1) is 26.5. The van der Waals surface area contributed by atoms with Gasteiger partial charge in [0.1, 0.15) is 67.1 Å². The lowest BCUT2D eigenvalue weighted by atomic mass is 9.47. The number of methoxy groups -OCH3 is 1. The summed E-state index contributed by atoms with van der Waals surface area (Å²) in [5.74, 6) is 1.87. The van der Waals surface area contributed by atoms with Gasteiger partial charge < -0.3 is 79.1 Å². The van der Waals surface area contributed by atoms with E-state index in [0.29, 0.717) is 17.8 Å². The second kappa shape index (κ2) is 16.9. The number of ether oxygens (including phenoxy) is 7. The van der Waals surface area contributed by atoms with Crippen LogP contribution in [0.2, 0.25) is 0 Å². The molecule has 0 aromatic heterocycles. The zero-order valence-electron chi connectivity index (χ0n) is 33.2. The molecule has 3 aliphatic heterocycles. The van der Waals surface area contributed by atoms with Gasteiger partial charge >= 0.3 is 0 Å². The lowest BCUT2D eigenvalue weighted by Crippen LogP contribution is -2.65. The summed E-state index contributed by atoms with van der Waals surface area (Å²) in [6, 6.07) is 0. The Bertz CT molecular complexity index is 1370. The number of rotatable bonds is 10. The van der Waals surface area contributed by atoms with Crippen molar-refractivity contribution in [2.24, 2.45) is 34.5 Å². The lowest BCUT2D eigenvalue weighted by Gasteiger charge is -2.58. The minimum absolute atomic E-state index is 0.0182. The van der Waals surface area contributed by atoms with Crippen molar-refractivity contribution in [2.45, 2.75) is 183 Å². The Morgan fingerprint density at radius 1 is 0.750 bits per heavy atom. The van der Waals surface area contributed by atoms with Gasteiger partial charge in [-0.2, -0.15) is 0 Å². The third kappa shape index (κ3) is 7.56. The van der Waals surface area contributed by atoms with Gasteiger partial charge in [0, 0.05) is 7.11 Å². The van der Waals surface area contributed by atoms with Crippen molar-refractivity contribution >= 4 is 0 Å². The Balaban J connectivity index is 1.04. The van der Waals surface area contributed by atoms with Crippen molar-refractivity contribution in [2.75, 3.05) is 20.3 Å². The van der Waals surface area contributed by atoms with Crippen LogP contribution in [0.15, 0.2) is 11.6 Å². The highest BCUT2D eigenvalue weighted by Gasteiger charge is 2.60. The predicted molar refractivity (Wildman–Crippen MR) is 194 cm³/mol. The highest BCUT2D eigenvalue weighted by molar-refractivity contribution is 5.25. The third-order valence-corrected chi connectivity index (χ3v) is 15.3. The van der Waals surface area contributed by atoms with Gasteiger partial charge in [-0.3, -0.25) is 0 Å². The molecule has 4 aliphatic carbocycles. The molecule has 16 heteroatoms. The highest BCUT2D eigenvalue weighted by atomic mass is 16.8. The van der Waals surface area contributed by atoms with Crippen molar-refractivity contribution in [1.82, 2.24) is 0 Å². The fourth-order valence-electron chi connectivity index (χ4n) is 12.0. The second-order valence-electron chi connectivity index (χ2n) is 18.3. The van der Waals surface area contributed by atoms with E-state index in [1.165, 1.54) is 12.7 Å². The zero-order valence-corrected chi connectivity index (χ0v) is 33.2. The Kier molecular flexibility index (Phi) is 13.0. The largest absolute Gasteiger partial charge is 0.394 e. The van der Waals surface area contributed by atoms with E-state index in [-0.39, 0.29) is 29.0 Å². The molecule has 9 N–H and O–H groups in total. The van der Waals surface area contributed by atoms with Crippen molar-refractivity contribution in [3.8, 4) is 0 Å². The van der Waals surface area contributed by atoms with Gasteiger partial charge in [0.25, 0.3) is 0 Å². The van der Waals surface area contributed by atoms with Crippen molar-refractivity contribution in [1.29, 1.82) is 0 Å². The van der Waals surface area contributed by atoms with Crippen LogP contribution in [-0.4, -0.2) is 171 Å². The maximum Gasteiger partial charge on any atom is 0.187 e. The van der Waals surface area contributed by atoms with Crippen LogP contribution in [0.25, 0.3) is 0 Å². The molecule has 3 saturated heterocycles. The predicted octanol–water partition coefficient (Wildman–Crippen LogP) is -0.539. The average molecular weight is 803 g/mol. The van der Waals surface area contributed by atoms with Crippen molar-refractivity contribution in [3.05, 3.63) is 11.6 Å². The Morgan fingerprint density at radius 2 is 1.43 bits per heavy atom. The van der Waals surface area contributed by atoms with Crippen LogP contribution in [0.1, 0.15) is 79.1 Å². The molecule has 6 fully saturated rings. The maximum absolute atomic E-state index is 11.2. The molecular formula is C40H66O16. The van der Waals surface area contributed by atoms with Crippen LogP contribution >= 0.6 is 0 Å². The van der Waals surface area contributed by atoms with Crippen LogP contribution in [0.5, 0.6) is 0 Å². The van der Waals surface area contributed by atoms with E-state index in [1.54, 1.807) is 6.92 Å². The lowest BCUT2D eigenvalue weighted by molar-refractivity contribution is -0.376. The number of hydrogen-bond donors (Lipinski definition) is 9. The Morgan fingerprint density at radius 3 is 2.12 bits per heavy atom. The fourth-order valence-corrected chi connectivity index (χ4v) is 12.0. The first kappa shape index (κ1) is 43.2. The minimum Gasteiger partial charge on any atom is -0.394 e. The monoisotopic (exact) mass is 802 g/mol. The number of fused-ring (bicyclic) bond motifs is 5. The van der Waals surface area contributed by atoms with Gasteiger partial charge in [-0.15, -0.1) is 0 Å². The molecule has 0 spiro atoms. The second-order valence-corrected chi connectivity index (χ2v) is 18.3. The number of allylic oxidation sites excluding steroid dienone is 1. The third-order valence-electron chi connectivity index (χ3n) is 15.3. The first-order valence-electron chi connectivity index (χ1n) is 20.7. The summed E-state index contributed by atoms with van der Waals surface area (Å²) >= 11 is 0. The molecular weight excluding hydrogens is 736 g/mol. The molecule has 0 bridgehead atoms. The Hall–Kier alpha value is -0.900. The van der Waals surface area contributed by atoms with Crippen LogP contribution in [0.3, 0.4) is 0 Å². The highest BCUT2D eigenvalue weighted by Crippen LogP contribution is 2.67. The molecule has 322 valence electrons. The number of aliphatic hydroxyl groups is 9. The summed E-state index contributed by atoms with van der Waals surface area (Å²) in [6.07, 6.45) is -11.2. The molecule has 23 atom stereocenters. The van der Waals surface area contributed by atoms with Gasteiger partial charge in [0.2, 0.25) is 0 Å². The molecule has 3 heterocycles. The average Bonchev–Trinajstić information content (AvgIpc) is 3.54. The van der Waals surface area contributed by atoms with E-state index in [4.69, 9.17) is 33.2 Å². The van der Waals surface area contributed by atoms with E-state index >= 15 is 0 Å². The number of hydrogen-bond acceptors (Lipinski definition) is 16. The fraction of sp³-hybridized carbons (Fsp3) is 0.950. The van der Waals surface area contributed by atoms with Crippen LogP contribution < -0.4 is 0 Å². The van der Waals surface area contributed by atoms with Crippen LogP contribution in [0.4, 0.5) is 0 Å². The molecule has 7 aliphatic rings. The van der Waals surface area contributed by atoms with E-state index in [1.807, 2.05) is 6.92 Å². The Labute approximate surface area is 328 Å². The molecule has 0 aromatic rings. The first-order valence-corrected chi connectivity index (χ1v) is 20.7. The van der Waals surface area contributed by atoms with Crippen molar-refractivity contribution < 1.29 is 79.1 Å². The quantitative estimate of drug-likeness (QED) is 0.126. The zero-order chi connectivity index (χ0) is 40.4. The smallest absolute Gasteiger partial charge is 0.187 e. The van der Waals surface area contributed by atoms with Crippen molar-refractivity contribution in [3.63, 3.8) is 0 Å². The minimum atomic E-state index is -1.78. The van der Waals surface area contributed by atoms with Gasteiger partial charge in [-0.05, 0) is 99.7 Å². The van der Waals surface area contributed by atoms with E-state index in [2.05, 4.69) is 19.9 Å². The molecule has 3 saturated carbocycles. The van der Waals surface area contributed by atoms with E-state index < -0.39 is 105 Å². The summed E-state index contributed by atoms with van der Waals surface area (Å²) in [5.41, 5.74) is 1.60. The molecule has 56 heavy (non-hydrogen) atoms. The molecule has 0 aromatic carbocycles. The van der Waals surface area contributed by atoms with E-state index in [9.17, 15) is 46.0 Å². The molecule has 7 rings (SSSR count). The van der Waals surface area contributed by atoms with Gasteiger partial charge in [0.05, 0.1) is 31.5 Å². The molecule has 0 amide bonds. The molecule has 0 radical (unpaired) electrons. The van der Waals surface area contributed by atoms with Gasteiger partial charge in [0.15, 0.2) is 18.9 Å². The summed E-state index contributed by atoms with van der Waals surface area (Å²) in [4.78, 5) is 0. The molecule has 16 nitrogen and oxygen atoms in total. The normalized spacial score (nSPS) is 54.1. The standard InChI is InChI=1S/C40H66O16/c1-17(22-8-9-23-21-7-6-19-14-20(42)10-12-39(19,3)24(21)11-13-40(22,23)4)52-38-35(34(50-5)27(43)18(2)53-38)56-37-33(49)31(47)29(45)26(55-37)16-51-36-32(48)30(46)28(44)25(15-41)54-36/h6,17-18,20-38,41-49H,7-16H2,1-5H3/t17-,18-,20+,21+,22-,23-,24+,25-,26-,27+,28-,29-,30+,31+,32-,33-,34+,35-,36-,37+,38-,39+,40-/m1/s1. The van der Waals surface area contributed by atoms with Crippen LogP contribution in [-0.2, 0) is 33.2 Å². The molecule has 0 unspecified atom stereocenters. The number of aliphatic hydroxyl groups excluding tert-OH is 9. The summed E-state index contributed by atoms with van der Waals surface area (Å²) < 4.78 is 42.0. The summed E-state index contributed by atoms with van der Waals surface area (Å²) in [7, 11) is 1.41. The maximum atomic E-state index is 11.2. The SMILES string of the molecule is CO[C@H]1[C@@H](O)[C@@H](C)O[C@@H](O[C@H](C)[C@H]2CC[C@@H]3[C@@H]4CC=C5C[C@@H](O)CC[C@]5(C)[C@H]4CC[C@@]32C)[C@@H]1O[C@@H]1O[C@H](CO[C@@H]2O[C@H](CO)[C@@H](O)[C@H](O)[C@H]2O)[C@@H](O)[C@H](O)[C@H]1O. The summed E-state index contributed by atoms with van der Waals surface area (Å²) in [5, 5.41) is 94.6. The van der Waals surface area contributed by atoms with Crippen LogP contribution in [0, 0.1) is 34.5 Å².